The van der Waals surface area contributed by atoms with Crippen LogP contribution in [0.4, 0.5) is 0 Å². The van der Waals surface area contributed by atoms with Crippen LogP contribution in [0.5, 0.6) is 0 Å². The third kappa shape index (κ3) is 3.79. The summed E-state index contributed by atoms with van der Waals surface area (Å²) >= 11 is 0. The fourth-order valence-electron chi connectivity index (χ4n) is 5.14. The van der Waals surface area contributed by atoms with E-state index < -0.39 is 0 Å². The summed E-state index contributed by atoms with van der Waals surface area (Å²) in [5.74, 6) is 0.0607. The fourth-order valence-corrected chi connectivity index (χ4v) is 5.14. The maximum atomic E-state index is 13.6. The van der Waals surface area contributed by atoms with E-state index in [9.17, 15) is 14.4 Å². The van der Waals surface area contributed by atoms with E-state index in [0.717, 1.165) is 32.1 Å². The first-order chi connectivity index (χ1) is 15.6. The Morgan fingerprint density at radius 2 is 1.97 bits per heavy atom. The molecule has 5 rings (SSSR count). The largest absolute Gasteiger partial charge is 0.338 e. The number of piperidine rings is 2. The van der Waals surface area contributed by atoms with Crippen LogP contribution in [0.1, 0.15) is 52.8 Å². The monoisotopic (exact) mass is 434 g/mol. The molecule has 3 aromatic heterocycles. The number of aromatic amines is 1. The Morgan fingerprint density at radius 3 is 2.84 bits per heavy atom. The molecule has 0 saturated carbocycles. The van der Waals surface area contributed by atoms with Crippen molar-refractivity contribution < 1.29 is 9.59 Å². The van der Waals surface area contributed by atoms with Gasteiger partial charge in [0.2, 0.25) is 5.56 Å². The maximum Gasteiger partial charge on any atom is 0.257 e. The molecule has 0 spiro atoms. The van der Waals surface area contributed by atoms with Crippen molar-refractivity contribution in [3.8, 4) is 0 Å². The predicted molar refractivity (Wildman–Crippen MR) is 117 cm³/mol. The standard InChI is InChI=1S/C23H26N6O3/c30-20-13-16(8-9-24-20)22(31)27-10-3-5-17(14-27)19-7-1-2-12-29(19)23(32)18-6-4-11-28-15-25-26-21(18)28/h4,6,8-9,11,13,15,17,19H,1-3,5,7,10,12,14H2,(H,24,30). The number of hydrogen-bond acceptors (Lipinski definition) is 5. The Bertz CT molecular complexity index is 1200. The average molecular weight is 435 g/mol. The molecule has 166 valence electrons. The van der Waals surface area contributed by atoms with E-state index in [2.05, 4.69) is 15.2 Å². The summed E-state index contributed by atoms with van der Waals surface area (Å²) < 4.78 is 1.76. The summed E-state index contributed by atoms with van der Waals surface area (Å²) in [4.78, 5) is 44.6. The number of rotatable bonds is 3. The Morgan fingerprint density at radius 1 is 1.06 bits per heavy atom. The van der Waals surface area contributed by atoms with Crippen molar-refractivity contribution in [3.05, 3.63) is 64.5 Å². The van der Waals surface area contributed by atoms with E-state index >= 15 is 0 Å². The van der Waals surface area contributed by atoms with Gasteiger partial charge in [-0.1, -0.05) is 0 Å². The van der Waals surface area contributed by atoms with Gasteiger partial charge in [-0.2, -0.15) is 0 Å². The Hall–Kier alpha value is -3.49. The van der Waals surface area contributed by atoms with Gasteiger partial charge in [0.25, 0.3) is 11.8 Å². The van der Waals surface area contributed by atoms with Gasteiger partial charge in [-0.25, -0.2) is 0 Å². The topological polar surface area (TPSA) is 104 Å². The van der Waals surface area contributed by atoms with Crippen molar-refractivity contribution >= 4 is 17.5 Å². The second-order valence-corrected chi connectivity index (χ2v) is 8.64. The molecule has 2 fully saturated rings. The van der Waals surface area contributed by atoms with Crippen molar-refractivity contribution in [1.82, 2.24) is 29.4 Å². The van der Waals surface area contributed by atoms with Crippen LogP contribution >= 0.6 is 0 Å². The molecule has 2 amide bonds. The predicted octanol–water partition coefficient (Wildman–Crippen LogP) is 1.96. The first-order valence-corrected chi connectivity index (χ1v) is 11.2. The maximum absolute atomic E-state index is 13.6. The highest BCUT2D eigenvalue weighted by atomic mass is 16.2. The van der Waals surface area contributed by atoms with Crippen LogP contribution in [0.2, 0.25) is 0 Å². The zero-order valence-electron chi connectivity index (χ0n) is 17.8. The lowest BCUT2D eigenvalue weighted by molar-refractivity contribution is 0.0349. The molecule has 9 nitrogen and oxygen atoms in total. The van der Waals surface area contributed by atoms with Gasteiger partial charge in [0.1, 0.15) is 6.33 Å². The molecule has 2 unspecified atom stereocenters. The summed E-state index contributed by atoms with van der Waals surface area (Å²) in [5.41, 5.74) is 1.25. The Labute approximate surface area is 185 Å². The van der Waals surface area contributed by atoms with Gasteiger partial charge < -0.3 is 14.8 Å². The van der Waals surface area contributed by atoms with Crippen LogP contribution in [0.15, 0.2) is 47.8 Å². The number of hydrogen-bond donors (Lipinski definition) is 1. The van der Waals surface area contributed by atoms with Crippen molar-refractivity contribution in [1.29, 1.82) is 0 Å². The highest BCUT2D eigenvalue weighted by molar-refractivity contribution is 6.00. The minimum Gasteiger partial charge on any atom is -0.338 e. The zero-order valence-corrected chi connectivity index (χ0v) is 17.8. The van der Waals surface area contributed by atoms with Crippen molar-refractivity contribution in [2.75, 3.05) is 19.6 Å². The highest BCUT2D eigenvalue weighted by Gasteiger charge is 2.37. The number of nitrogens with one attached hydrogen (secondary N) is 1. The summed E-state index contributed by atoms with van der Waals surface area (Å²) in [6.07, 6.45) is 9.77. The molecule has 3 aromatic rings. The lowest BCUT2D eigenvalue weighted by Gasteiger charge is -2.44. The van der Waals surface area contributed by atoms with E-state index in [1.165, 1.54) is 12.3 Å². The third-order valence-electron chi connectivity index (χ3n) is 6.68. The minimum absolute atomic E-state index is 0.0219. The molecule has 5 heterocycles. The number of amides is 2. The van der Waals surface area contributed by atoms with Crippen molar-refractivity contribution in [3.63, 3.8) is 0 Å². The van der Waals surface area contributed by atoms with E-state index in [-0.39, 0.29) is 29.3 Å². The first-order valence-electron chi connectivity index (χ1n) is 11.2. The van der Waals surface area contributed by atoms with E-state index in [1.54, 1.807) is 16.8 Å². The number of H-pyrrole nitrogens is 1. The Balaban J connectivity index is 1.37. The number of carbonyl (C=O) groups is 2. The van der Waals surface area contributed by atoms with Crippen LogP contribution in [-0.4, -0.2) is 66.9 Å². The van der Waals surface area contributed by atoms with Gasteiger partial charge in [-0.15, -0.1) is 10.2 Å². The molecule has 2 saturated heterocycles. The van der Waals surface area contributed by atoms with Gasteiger partial charge >= 0.3 is 0 Å². The molecule has 9 heteroatoms. The number of carbonyl (C=O) groups excluding carboxylic acids is 2. The minimum atomic E-state index is -0.281. The Kier molecular flexibility index (Phi) is 5.46. The van der Waals surface area contributed by atoms with Gasteiger partial charge in [-0.05, 0) is 56.2 Å². The molecule has 2 aliphatic heterocycles. The normalized spacial score (nSPS) is 21.6. The molecule has 0 aliphatic carbocycles. The van der Waals surface area contributed by atoms with Crippen LogP contribution in [0, 0.1) is 5.92 Å². The van der Waals surface area contributed by atoms with Gasteiger partial charge in [-0.3, -0.25) is 18.8 Å². The van der Waals surface area contributed by atoms with Gasteiger partial charge in [0.15, 0.2) is 5.65 Å². The van der Waals surface area contributed by atoms with Crippen molar-refractivity contribution in [2.24, 2.45) is 5.92 Å². The van der Waals surface area contributed by atoms with Gasteiger partial charge in [0, 0.05) is 49.7 Å². The molecule has 0 bridgehead atoms. The van der Waals surface area contributed by atoms with Crippen LogP contribution in [-0.2, 0) is 0 Å². The molecular formula is C23H26N6O3. The van der Waals surface area contributed by atoms with E-state index in [4.69, 9.17) is 0 Å². The van der Waals surface area contributed by atoms with E-state index in [1.807, 2.05) is 28.1 Å². The molecule has 0 radical (unpaired) electrons. The quantitative estimate of drug-likeness (QED) is 0.679. The lowest BCUT2D eigenvalue weighted by atomic mass is 9.84. The second kappa shape index (κ2) is 8.57. The molecule has 32 heavy (non-hydrogen) atoms. The highest BCUT2D eigenvalue weighted by Crippen LogP contribution is 2.31. The molecule has 1 N–H and O–H groups in total. The number of nitrogens with zero attached hydrogens (tertiary/aromatic N) is 5. The van der Waals surface area contributed by atoms with Crippen LogP contribution in [0.3, 0.4) is 0 Å². The summed E-state index contributed by atoms with van der Waals surface area (Å²) in [6.45, 7) is 1.97. The van der Waals surface area contributed by atoms with Crippen LogP contribution in [0.25, 0.3) is 5.65 Å². The zero-order chi connectivity index (χ0) is 22.1. The summed E-state index contributed by atoms with van der Waals surface area (Å²) in [7, 11) is 0. The van der Waals surface area contributed by atoms with Crippen molar-refractivity contribution in [2.45, 2.75) is 38.1 Å². The molecule has 2 atom stereocenters. The SMILES string of the molecule is O=C(c1cc[nH]c(=O)c1)N1CCCC(C2CCCCN2C(=O)c2cccn3cnnc23)C1. The lowest BCUT2D eigenvalue weighted by Crippen LogP contribution is -2.52. The molecule has 0 aromatic carbocycles. The van der Waals surface area contributed by atoms with Gasteiger partial charge in [0.05, 0.1) is 5.56 Å². The number of pyridine rings is 2. The number of likely N-dealkylation sites (tertiary alicyclic amines) is 2. The fraction of sp³-hybridized carbons (Fsp3) is 0.435. The summed E-state index contributed by atoms with van der Waals surface area (Å²) in [6, 6.07) is 6.71. The molecular weight excluding hydrogens is 408 g/mol. The average Bonchev–Trinajstić information content (AvgIpc) is 3.32. The number of aromatic nitrogens is 4. The van der Waals surface area contributed by atoms with Crippen LogP contribution < -0.4 is 5.56 Å². The first kappa shape index (κ1) is 20.4. The smallest absolute Gasteiger partial charge is 0.257 e. The summed E-state index contributed by atoms with van der Waals surface area (Å²) in [5, 5.41) is 8.07. The second-order valence-electron chi connectivity index (χ2n) is 8.64. The van der Waals surface area contributed by atoms with E-state index in [0.29, 0.717) is 36.4 Å². The third-order valence-corrected chi connectivity index (χ3v) is 6.68. The molecule has 2 aliphatic rings. The number of fused-ring (bicyclic) bond motifs is 1.